The fourth-order valence-corrected chi connectivity index (χ4v) is 4.82. The number of carbonyl (C=O) groups excluding carboxylic acids is 1. The van der Waals surface area contributed by atoms with Gasteiger partial charge in [-0.05, 0) is 25.5 Å². The number of aryl methyl sites for hydroxylation is 1. The number of nitrogens with one attached hydrogen (secondary N) is 1. The van der Waals surface area contributed by atoms with E-state index in [0.717, 1.165) is 12.0 Å². The number of benzene rings is 1. The molecule has 0 spiro atoms. The van der Waals surface area contributed by atoms with Crippen molar-refractivity contribution in [3.8, 4) is 0 Å². The molecular formula is C26H44INO2. The van der Waals surface area contributed by atoms with Crippen LogP contribution in [0.15, 0.2) is 18.2 Å². The number of hydrogen-bond donors (Lipinski definition) is 1. The van der Waals surface area contributed by atoms with Gasteiger partial charge < -0.3 is 5.32 Å². The number of amides is 1. The molecule has 0 aliphatic heterocycles. The van der Waals surface area contributed by atoms with Gasteiger partial charge in [0.25, 0.3) is 5.91 Å². The second-order valence-corrected chi connectivity index (χ2v) is 10.2. The van der Waals surface area contributed by atoms with Gasteiger partial charge in [0, 0.05) is 6.54 Å². The molecule has 0 aliphatic rings. The van der Waals surface area contributed by atoms with Crippen molar-refractivity contribution in [3.05, 3.63) is 32.9 Å². The van der Waals surface area contributed by atoms with Crippen molar-refractivity contribution in [2.24, 2.45) is 0 Å². The average molecular weight is 530 g/mol. The van der Waals surface area contributed by atoms with Crippen molar-refractivity contribution in [3.63, 3.8) is 0 Å². The van der Waals surface area contributed by atoms with Crippen LogP contribution in [0, 0.1) is 10.5 Å². The summed E-state index contributed by atoms with van der Waals surface area (Å²) in [5.74, 6) is -0.0785. The molecule has 3 nitrogen and oxygen atoms in total. The van der Waals surface area contributed by atoms with Crippen LogP contribution >= 0.6 is 21.2 Å². The summed E-state index contributed by atoms with van der Waals surface area (Å²) >= 11 is -1.31. The first-order valence-electron chi connectivity index (χ1n) is 12.3. The minimum Gasteiger partial charge on any atom is -0.352 e. The maximum atomic E-state index is 12.3. The van der Waals surface area contributed by atoms with Gasteiger partial charge in [-0.2, -0.15) is 0 Å². The highest BCUT2D eigenvalue weighted by molar-refractivity contribution is 14.1. The monoisotopic (exact) mass is 529 g/mol. The molecule has 0 aromatic heterocycles. The Bertz CT molecular complexity index is 588. The fourth-order valence-electron chi connectivity index (χ4n) is 3.85. The van der Waals surface area contributed by atoms with E-state index in [2.05, 4.69) is 12.2 Å². The van der Waals surface area contributed by atoms with Gasteiger partial charge in [-0.3, -0.25) is 7.86 Å². The minimum absolute atomic E-state index is 0.0785. The lowest BCUT2D eigenvalue weighted by Crippen LogP contribution is -2.25. The lowest BCUT2D eigenvalue weighted by atomic mass is 10.0. The van der Waals surface area contributed by atoms with Gasteiger partial charge in [0.15, 0.2) is 21.2 Å². The number of carbonyl (C=O) groups is 1. The molecule has 0 unspecified atom stereocenters. The lowest BCUT2D eigenvalue weighted by molar-refractivity contribution is 0.0952. The Morgan fingerprint density at radius 2 is 1.23 bits per heavy atom. The molecule has 1 amide bonds. The van der Waals surface area contributed by atoms with Crippen LogP contribution in [0.5, 0.6) is 0 Å². The van der Waals surface area contributed by atoms with Crippen LogP contribution in [0.4, 0.5) is 0 Å². The Morgan fingerprint density at radius 3 is 1.70 bits per heavy atom. The summed E-state index contributed by atoms with van der Waals surface area (Å²) in [4.78, 5) is 12.3. The first-order chi connectivity index (χ1) is 14.7. The number of hydrogen-bond acceptors (Lipinski definition) is 2. The average Bonchev–Trinajstić information content (AvgIpc) is 2.75. The number of halogens is 1. The van der Waals surface area contributed by atoms with Crippen LogP contribution in [-0.2, 0) is 3.07 Å². The highest BCUT2D eigenvalue weighted by Gasteiger charge is 2.11. The van der Waals surface area contributed by atoms with E-state index in [1.807, 2.05) is 25.1 Å². The zero-order valence-electron chi connectivity index (χ0n) is 19.4. The zero-order valence-corrected chi connectivity index (χ0v) is 21.6. The van der Waals surface area contributed by atoms with E-state index >= 15 is 0 Å². The quantitative estimate of drug-likeness (QED) is 0.144. The van der Waals surface area contributed by atoms with E-state index in [1.165, 1.54) is 96.3 Å². The van der Waals surface area contributed by atoms with Crippen molar-refractivity contribution >= 4 is 27.1 Å². The van der Waals surface area contributed by atoms with E-state index in [4.69, 9.17) is 0 Å². The van der Waals surface area contributed by atoms with E-state index < -0.39 is 21.2 Å². The zero-order chi connectivity index (χ0) is 21.9. The minimum atomic E-state index is -1.31. The van der Waals surface area contributed by atoms with Gasteiger partial charge in [0.1, 0.15) is 0 Å². The SMILES string of the molecule is CCCCCCCCCCCCCCCCCCNC(=O)c1cc(C)ccc1I=O. The summed E-state index contributed by atoms with van der Waals surface area (Å²) in [5, 5.41) is 2.99. The van der Waals surface area contributed by atoms with Crippen LogP contribution in [0.3, 0.4) is 0 Å². The predicted octanol–water partition coefficient (Wildman–Crippen LogP) is 8.47. The van der Waals surface area contributed by atoms with Crippen LogP contribution in [-0.4, -0.2) is 12.5 Å². The molecule has 4 heteroatoms. The van der Waals surface area contributed by atoms with E-state index in [-0.39, 0.29) is 5.91 Å². The van der Waals surface area contributed by atoms with Crippen LogP contribution < -0.4 is 5.32 Å². The predicted molar refractivity (Wildman–Crippen MR) is 136 cm³/mol. The molecule has 1 aromatic rings. The van der Waals surface area contributed by atoms with Crippen LogP contribution in [0.1, 0.15) is 126 Å². The Balaban J connectivity index is 1.89. The molecular weight excluding hydrogens is 485 g/mol. The van der Waals surface area contributed by atoms with E-state index in [1.54, 1.807) is 0 Å². The summed E-state index contributed by atoms with van der Waals surface area (Å²) in [6, 6.07) is 5.58. The van der Waals surface area contributed by atoms with E-state index in [9.17, 15) is 7.86 Å². The highest BCUT2D eigenvalue weighted by atomic mass is 127. The number of rotatable bonds is 19. The van der Waals surface area contributed by atoms with Crippen molar-refractivity contribution in [1.29, 1.82) is 0 Å². The second kappa shape index (κ2) is 18.9. The van der Waals surface area contributed by atoms with Crippen molar-refractivity contribution in [1.82, 2.24) is 5.32 Å². The topological polar surface area (TPSA) is 46.2 Å². The third-order valence-corrected chi connectivity index (χ3v) is 7.18. The molecule has 172 valence electrons. The van der Waals surface area contributed by atoms with Crippen molar-refractivity contribution in [2.45, 2.75) is 117 Å². The Labute approximate surface area is 195 Å². The molecule has 1 aromatic carbocycles. The third-order valence-electron chi connectivity index (χ3n) is 5.77. The maximum absolute atomic E-state index is 12.3. The molecule has 0 aliphatic carbocycles. The summed E-state index contributed by atoms with van der Waals surface area (Å²) < 4.78 is 12.0. The smallest absolute Gasteiger partial charge is 0.252 e. The largest absolute Gasteiger partial charge is 0.352 e. The van der Waals surface area contributed by atoms with Crippen LogP contribution in [0.2, 0.25) is 0 Å². The van der Waals surface area contributed by atoms with Gasteiger partial charge in [0.2, 0.25) is 0 Å². The number of unbranched alkanes of at least 4 members (excludes halogenated alkanes) is 15. The normalized spacial score (nSPS) is 11.0. The standard InChI is InChI=1S/C26H44INO2/c1-3-4-5-6-7-8-9-10-11-12-13-14-15-16-17-18-21-28-26(29)24-22-23(2)19-20-25(24)27-30/h19-20,22H,3-18,21H2,1-2H3,(H,28,29). The molecule has 0 fully saturated rings. The maximum Gasteiger partial charge on any atom is 0.252 e. The lowest BCUT2D eigenvalue weighted by Gasteiger charge is -2.08. The van der Waals surface area contributed by atoms with Crippen LogP contribution in [0.25, 0.3) is 0 Å². The molecule has 1 N–H and O–H groups in total. The highest BCUT2D eigenvalue weighted by Crippen LogP contribution is 2.18. The Morgan fingerprint density at radius 1 is 0.767 bits per heavy atom. The second-order valence-electron chi connectivity index (χ2n) is 8.62. The van der Waals surface area contributed by atoms with Gasteiger partial charge in [-0.15, -0.1) is 0 Å². The van der Waals surface area contributed by atoms with Gasteiger partial charge in [-0.1, -0.05) is 115 Å². The van der Waals surface area contributed by atoms with Gasteiger partial charge in [0.05, 0.1) is 9.13 Å². The molecule has 0 saturated carbocycles. The Kier molecular flexibility index (Phi) is 17.2. The summed E-state index contributed by atoms with van der Waals surface area (Å²) in [7, 11) is 0. The van der Waals surface area contributed by atoms with Gasteiger partial charge >= 0.3 is 0 Å². The summed E-state index contributed by atoms with van der Waals surface area (Å²) in [5.41, 5.74) is 1.62. The fraction of sp³-hybridized carbons (Fsp3) is 0.731. The molecule has 30 heavy (non-hydrogen) atoms. The van der Waals surface area contributed by atoms with Crippen molar-refractivity contribution < 1.29 is 7.86 Å². The van der Waals surface area contributed by atoms with Crippen molar-refractivity contribution in [2.75, 3.05) is 6.54 Å². The van der Waals surface area contributed by atoms with E-state index in [0.29, 0.717) is 15.7 Å². The van der Waals surface area contributed by atoms with Gasteiger partial charge in [-0.25, -0.2) is 0 Å². The molecule has 0 atom stereocenters. The summed E-state index contributed by atoms with van der Waals surface area (Å²) in [6.07, 6.45) is 21.6. The third kappa shape index (κ3) is 13.5. The Hall–Kier alpha value is -0.780. The molecule has 0 bridgehead atoms. The first-order valence-corrected chi connectivity index (χ1v) is 14.3. The summed E-state index contributed by atoms with van der Waals surface area (Å²) in [6.45, 7) is 4.95. The molecule has 1 rings (SSSR count). The molecule has 0 saturated heterocycles. The molecule has 0 heterocycles. The molecule has 0 radical (unpaired) electrons. The first kappa shape index (κ1) is 27.3.